The molecule has 0 bridgehead atoms. The summed E-state index contributed by atoms with van der Waals surface area (Å²) in [6, 6.07) is -3.20. The van der Waals surface area contributed by atoms with Gasteiger partial charge < -0.3 is 26.8 Å². The Labute approximate surface area is 167 Å². The standard InChI is InChI=1S/C16H28N8O5/c1-7(2)5-10(16(28)29)19-14(26)11(8(3)4)20-13(25)9(17)6-18-15(27)12-21-23-24-22-12/h7-11H,5-6,17H2,1-4H3,(H,18,27)(H,19,26)(H,20,25)(H,28,29)(H,21,22,23,24)/t9-,10-,11-/m0/s1. The minimum atomic E-state index is -1.15. The van der Waals surface area contributed by atoms with E-state index in [1.165, 1.54) is 0 Å². The number of carbonyl (C=O) groups is 4. The van der Waals surface area contributed by atoms with Gasteiger partial charge in [0.25, 0.3) is 11.7 Å². The molecule has 0 unspecified atom stereocenters. The number of amides is 3. The van der Waals surface area contributed by atoms with E-state index in [0.29, 0.717) is 0 Å². The number of hydrogen-bond acceptors (Lipinski definition) is 8. The maximum atomic E-state index is 12.5. The van der Waals surface area contributed by atoms with Crippen molar-refractivity contribution in [2.45, 2.75) is 52.2 Å². The van der Waals surface area contributed by atoms with Crippen LogP contribution in [0.15, 0.2) is 0 Å². The summed E-state index contributed by atoms with van der Waals surface area (Å²) < 4.78 is 0. The zero-order valence-corrected chi connectivity index (χ0v) is 16.8. The molecule has 1 aromatic rings. The number of carbonyl (C=O) groups excluding carboxylic acids is 3. The summed E-state index contributed by atoms with van der Waals surface area (Å²) in [6.07, 6.45) is 0.251. The largest absolute Gasteiger partial charge is 0.480 e. The topological polar surface area (TPSA) is 205 Å². The van der Waals surface area contributed by atoms with E-state index >= 15 is 0 Å². The van der Waals surface area contributed by atoms with Crippen LogP contribution in [-0.2, 0) is 14.4 Å². The van der Waals surface area contributed by atoms with Crippen molar-refractivity contribution >= 4 is 23.7 Å². The van der Waals surface area contributed by atoms with E-state index in [4.69, 9.17) is 5.73 Å². The van der Waals surface area contributed by atoms with Crippen molar-refractivity contribution in [2.24, 2.45) is 17.6 Å². The molecule has 3 atom stereocenters. The van der Waals surface area contributed by atoms with E-state index in [9.17, 15) is 24.3 Å². The first-order valence-corrected chi connectivity index (χ1v) is 9.13. The van der Waals surface area contributed by atoms with Gasteiger partial charge >= 0.3 is 5.97 Å². The van der Waals surface area contributed by atoms with Crippen LogP contribution in [0.5, 0.6) is 0 Å². The van der Waals surface area contributed by atoms with Crippen molar-refractivity contribution in [3.63, 3.8) is 0 Å². The van der Waals surface area contributed by atoms with Crippen LogP contribution in [-0.4, -0.2) is 74.1 Å². The van der Waals surface area contributed by atoms with Gasteiger partial charge in [-0.3, -0.25) is 14.4 Å². The summed E-state index contributed by atoms with van der Waals surface area (Å²) in [5.74, 6) is -3.59. The molecule has 0 spiro atoms. The number of nitrogens with one attached hydrogen (secondary N) is 4. The molecule has 162 valence electrons. The summed E-state index contributed by atoms with van der Waals surface area (Å²) in [5, 5.41) is 29.0. The Bertz CT molecular complexity index is 706. The predicted octanol–water partition coefficient (Wildman–Crippen LogP) is -1.99. The van der Waals surface area contributed by atoms with E-state index in [0.717, 1.165) is 0 Å². The summed E-state index contributed by atoms with van der Waals surface area (Å²) in [7, 11) is 0. The molecule has 3 amide bonds. The highest BCUT2D eigenvalue weighted by atomic mass is 16.4. The molecule has 13 heteroatoms. The second-order valence-corrected chi connectivity index (χ2v) is 7.31. The Morgan fingerprint density at radius 1 is 1.10 bits per heavy atom. The van der Waals surface area contributed by atoms with Crippen LogP contribution in [0.2, 0.25) is 0 Å². The average molecular weight is 412 g/mol. The van der Waals surface area contributed by atoms with Gasteiger partial charge in [0.15, 0.2) is 0 Å². The summed E-state index contributed by atoms with van der Waals surface area (Å²) in [5.41, 5.74) is 5.77. The van der Waals surface area contributed by atoms with Gasteiger partial charge in [0.2, 0.25) is 11.8 Å². The van der Waals surface area contributed by atoms with E-state index in [-0.39, 0.29) is 30.6 Å². The van der Waals surface area contributed by atoms with E-state index in [1.807, 2.05) is 13.8 Å². The predicted molar refractivity (Wildman–Crippen MR) is 100 cm³/mol. The van der Waals surface area contributed by atoms with Gasteiger partial charge in [-0.25, -0.2) is 4.79 Å². The maximum Gasteiger partial charge on any atom is 0.326 e. The van der Waals surface area contributed by atoms with Crippen molar-refractivity contribution in [3.8, 4) is 0 Å². The van der Waals surface area contributed by atoms with Gasteiger partial charge in [0, 0.05) is 6.54 Å². The maximum absolute atomic E-state index is 12.5. The molecule has 13 nitrogen and oxygen atoms in total. The van der Waals surface area contributed by atoms with E-state index in [2.05, 4.69) is 36.6 Å². The number of rotatable bonds is 11. The van der Waals surface area contributed by atoms with Crippen LogP contribution in [0.4, 0.5) is 0 Å². The molecule has 0 aliphatic rings. The SMILES string of the molecule is CC(C)C[C@H](NC(=O)[C@@H](NC(=O)[C@@H](N)CNC(=O)c1nn[nH]n1)C(C)C)C(=O)O. The Balaban J connectivity index is 2.66. The van der Waals surface area contributed by atoms with Gasteiger partial charge in [-0.05, 0) is 23.5 Å². The first-order valence-electron chi connectivity index (χ1n) is 9.13. The Hall–Kier alpha value is -3.09. The fourth-order valence-electron chi connectivity index (χ4n) is 2.38. The van der Waals surface area contributed by atoms with Crippen LogP contribution in [0.1, 0.15) is 44.7 Å². The lowest BCUT2D eigenvalue weighted by Crippen LogP contribution is -2.57. The smallest absolute Gasteiger partial charge is 0.326 e. The van der Waals surface area contributed by atoms with Crippen molar-refractivity contribution in [2.75, 3.05) is 6.54 Å². The first-order chi connectivity index (χ1) is 13.5. The Kier molecular flexibility index (Phi) is 9.12. The van der Waals surface area contributed by atoms with Crippen molar-refractivity contribution in [1.29, 1.82) is 0 Å². The number of nitrogens with two attached hydrogens (primary N) is 1. The number of aromatic nitrogens is 4. The lowest BCUT2D eigenvalue weighted by atomic mass is 10.00. The second kappa shape index (κ2) is 11.0. The van der Waals surface area contributed by atoms with Crippen LogP contribution < -0.4 is 21.7 Å². The number of nitrogens with zero attached hydrogens (tertiary/aromatic N) is 3. The molecule has 0 aliphatic heterocycles. The summed E-state index contributed by atoms with van der Waals surface area (Å²) in [4.78, 5) is 48.0. The van der Waals surface area contributed by atoms with E-state index in [1.54, 1.807) is 13.8 Å². The molecule has 7 N–H and O–H groups in total. The monoisotopic (exact) mass is 412 g/mol. The molecule has 1 heterocycles. The van der Waals surface area contributed by atoms with Gasteiger partial charge in [0.1, 0.15) is 18.1 Å². The molecule has 0 aromatic carbocycles. The molecule has 0 fully saturated rings. The van der Waals surface area contributed by atoms with Crippen molar-refractivity contribution in [3.05, 3.63) is 5.82 Å². The number of aliphatic carboxylic acids is 1. The Morgan fingerprint density at radius 2 is 1.76 bits per heavy atom. The molecule has 0 aliphatic carbocycles. The molecular formula is C16H28N8O5. The van der Waals surface area contributed by atoms with E-state index < -0.39 is 41.8 Å². The first kappa shape index (κ1) is 23.9. The second-order valence-electron chi connectivity index (χ2n) is 7.31. The number of hydrogen-bond donors (Lipinski definition) is 6. The van der Waals surface area contributed by atoms with Gasteiger partial charge in [-0.1, -0.05) is 27.7 Å². The lowest BCUT2D eigenvalue weighted by molar-refractivity contribution is -0.143. The summed E-state index contributed by atoms with van der Waals surface area (Å²) >= 11 is 0. The Morgan fingerprint density at radius 3 is 2.24 bits per heavy atom. The highest BCUT2D eigenvalue weighted by Gasteiger charge is 2.30. The molecular weight excluding hydrogens is 384 g/mol. The molecule has 29 heavy (non-hydrogen) atoms. The van der Waals surface area contributed by atoms with Gasteiger partial charge in [-0.15, -0.1) is 10.2 Å². The highest BCUT2D eigenvalue weighted by Crippen LogP contribution is 2.08. The normalized spacial score (nSPS) is 14.2. The molecule has 0 saturated heterocycles. The van der Waals surface area contributed by atoms with Crippen LogP contribution in [0.25, 0.3) is 0 Å². The minimum Gasteiger partial charge on any atom is -0.480 e. The number of tetrazole rings is 1. The molecule has 0 radical (unpaired) electrons. The summed E-state index contributed by atoms with van der Waals surface area (Å²) in [6.45, 7) is 6.85. The number of carboxylic acids is 1. The van der Waals surface area contributed by atoms with Crippen molar-refractivity contribution < 1.29 is 24.3 Å². The number of H-pyrrole nitrogens is 1. The number of aromatic amines is 1. The van der Waals surface area contributed by atoms with Gasteiger partial charge in [-0.2, -0.15) is 5.21 Å². The third kappa shape index (κ3) is 7.81. The molecule has 1 rings (SSSR count). The average Bonchev–Trinajstić information content (AvgIpc) is 3.16. The highest BCUT2D eigenvalue weighted by molar-refractivity contribution is 5.93. The third-order valence-corrected chi connectivity index (χ3v) is 3.94. The zero-order chi connectivity index (χ0) is 22.1. The van der Waals surface area contributed by atoms with Crippen molar-refractivity contribution in [1.82, 2.24) is 36.6 Å². The molecule has 0 saturated carbocycles. The molecule has 1 aromatic heterocycles. The van der Waals surface area contributed by atoms with Crippen LogP contribution >= 0.6 is 0 Å². The van der Waals surface area contributed by atoms with Crippen LogP contribution in [0, 0.1) is 11.8 Å². The quantitative estimate of drug-likeness (QED) is 0.238. The zero-order valence-electron chi connectivity index (χ0n) is 16.8. The fourth-order valence-corrected chi connectivity index (χ4v) is 2.38. The van der Waals surface area contributed by atoms with Crippen LogP contribution in [0.3, 0.4) is 0 Å². The fraction of sp³-hybridized carbons (Fsp3) is 0.688. The minimum absolute atomic E-state index is 0.0553. The third-order valence-electron chi connectivity index (χ3n) is 3.94. The lowest BCUT2D eigenvalue weighted by Gasteiger charge is -2.25. The van der Waals surface area contributed by atoms with Gasteiger partial charge in [0.05, 0.1) is 0 Å². The number of carboxylic acid groups (broad SMARTS) is 1.